The zero-order valence-electron chi connectivity index (χ0n) is 22.1. The Labute approximate surface area is 243 Å². The number of halogens is 2. The van der Waals surface area contributed by atoms with Gasteiger partial charge in [0.2, 0.25) is 0 Å². The van der Waals surface area contributed by atoms with E-state index in [0.29, 0.717) is 54.2 Å². The van der Waals surface area contributed by atoms with Gasteiger partial charge in [0.25, 0.3) is 5.91 Å². The Morgan fingerprint density at radius 2 is 1.85 bits per heavy atom. The Morgan fingerprint density at radius 1 is 1.10 bits per heavy atom. The van der Waals surface area contributed by atoms with Gasteiger partial charge in [-0.1, -0.05) is 66.4 Å². The van der Waals surface area contributed by atoms with E-state index in [9.17, 15) is 14.7 Å². The Morgan fingerprint density at radius 3 is 2.60 bits per heavy atom. The summed E-state index contributed by atoms with van der Waals surface area (Å²) in [4.78, 5) is 32.2. The van der Waals surface area contributed by atoms with Gasteiger partial charge in [-0.25, -0.2) is 9.78 Å². The van der Waals surface area contributed by atoms with E-state index in [4.69, 9.17) is 27.9 Å². The smallest absolute Gasteiger partial charge is 0.404 e. The van der Waals surface area contributed by atoms with E-state index in [1.165, 1.54) is 0 Å². The number of carbonyl (C=O) groups is 2. The van der Waals surface area contributed by atoms with Crippen molar-refractivity contribution in [3.05, 3.63) is 70.6 Å². The number of hydrogen-bond acceptors (Lipinski definition) is 5. The van der Waals surface area contributed by atoms with E-state index >= 15 is 0 Å². The molecule has 3 atom stereocenters. The summed E-state index contributed by atoms with van der Waals surface area (Å²) >= 11 is 12.2. The molecular weight excluding hydrogens is 553 g/mol. The number of amides is 2. The van der Waals surface area contributed by atoms with Crippen LogP contribution in [0.1, 0.15) is 48.6 Å². The van der Waals surface area contributed by atoms with E-state index in [1.807, 2.05) is 39.8 Å². The highest BCUT2D eigenvalue weighted by molar-refractivity contribution is 6.34. The molecule has 2 fully saturated rings. The number of benzene rings is 2. The van der Waals surface area contributed by atoms with Gasteiger partial charge < -0.3 is 29.9 Å². The molecule has 2 aliphatic rings. The van der Waals surface area contributed by atoms with Gasteiger partial charge in [-0.15, -0.1) is 0 Å². The number of rotatable bonds is 8. The number of nitrogens with one attached hydrogen (secondary N) is 2. The second-order valence-corrected chi connectivity index (χ2v) is 11.1. The van der Waals surface area contributed by atoms with Crippen molar-refractivity contribution in [1.29, 1.82) is 0 Å². The van der Waals surface area contributed by atoms with Crippen LogP contribution in [0.15, 0.2) is 54.9 Å². The highest BCUT2D eigenvalue weighted by atomic mass is 35.5. The summed E-state index contributed by atoms with van der Waals surface area (Å²) < 4.78 is 7.92. The van der Waals surface area contributed by atoms with Crippen LogP contribution in [0.25, 0.3) is 11.3 Å². The first-order valence-corrected chi connectivity index (χ1v) is 14.4. The molecule has 212 valence electrons. The quantitative estimate of drug-likeness (QED) is 0.322. The zero-order chi connectivity index (χ0) is 28.1. The van der Waals surface area contributed by atoms with Crippen molar-refractivity contribution in [3.63, 3.8) is 0 Å². The van der Waals surface area contributed by atoms with Crippen molar-refractivity contribution in [2.75, 3.05) is 26.2 Å². The monoisotopic (exact) mass is 585 g/mol. The molecule has 11 heteroatoms. The predicted octanol–water partition coefficient (Wildman–Crippen LogP) is 5.49. The normalized spacial score (nSPS) is 21.1. The number of imidazole rings is 1. The molecule has 0 spiro atoms. The van der Waals surface area contributed by atoms with Gasteiger partial charge >= 0.3 is 6.09 Å². The first-order valence-electron chi connectivity index (χ1n) is 13.6. The van der Waals surface area contributed by atoms with Gasteiger partial charge in [0, 0.05) is 47.7 Å². The maximum atomic E-state index is 14.1. The molecule has 1 saturated heterocycles. The lowest BCUT2D eigenvalue weighted by molar-refractivity contribution is 0.0601. The number of aromatic nitrogens is 2. The summed E-state index contributed by atoms with van der Waals surface area (Å²) in [7, 11) is 0. The zero-order valence-corrected chi connectivity index (χ0v) is 23.6. The molecule has 1 aliphatic carbocycles. The lowest BCUT2D eigenvalue weighted by atomic mass is 9.89. The largest absolute Gasteiger partial charge is 0.493 e. The summed E-state index contributed by atoms with van der Waals surface area (Å²) in [6.07, 6.45) is 4.74. The highest BCUT2D eigenvalue weighted by Gasteiger charge is 2.35. The van der Waals surface area contributed by atoms with Crippen molar-refractivity contribution in [2.45, 2.75) is 50.2 Å². The van der Waals surface area contributed by atoms with Crippen LogP contribution in [0.5, 0.6) is 5.75 Å². The Kier molecular flexibility index (Phi) is 9.14. The fourth-order valence-corrected chi connectivity index (χ4v) is 6.28. The van der Waals surface area contributed by atoms with Crippen molar-refractivity contribution in [3.8, 4) is 17.0 Å². The van der Waals surface area contributed by atoms with Crippen molar-refractivity contribution in [1.82, 2.24) is 25.1 Å². The van der Waals surface area contributed by atoms with Crippen LogP contribution in [0.3, 0.4) is 0 Å². The van der Waals surface area contributed by atoms with Crippen LogP contribution in [0.4, 0.5) is 4.79 Å². The Hall–Kier alpha value is -3.27. The van der Waals surface area contributed by atoms with E-state index in [1.54, 1.807) is 24.5 Å². The topological polar surface area (TPSA) is 109 Å². The maximum Gasteiger partial charge on any atom is 0.404 e. The van der Waals surface area contributed by atoms with Crippen LogP contribution in [0.2, 0.25) is 10.0 Å². The SMILES string of the molecule is O=C(O)N[C@H]1CCCC[C@@H]1n1cnc(C(=O)N2CCNC[C@H]2CCOc2cc(Cl)cc(Cl)c2)c1-c1ccccc1. The molecule has 0 bridgehead atoms. The molecule has 2 amide bonds. The second-order valence-electron chi connectivity index (χ2n) is 10.2. The van der Waals surface area contributed by atoms with Gasteiger partial charge in [0.1, 0.15) is 5.75 Å². The third-order valence-corrected chi connectivity index (χ3v) is 8.04. The fourth-order valence-electron chi connectivity index (χ4n) is 5.77. The molecule has 9 nitrogen and oxygen atoms in total. The number of piperazine rings is 1. The molecule has 1 saturated carbocycles. The molecule has 5 rings (SSSR count). The Bertz CT molecular complexity index is 1310. The predicted molar refractivity (Wildman–Crippen MR) is 154 cm³/mol. The fraction of sp³-hybridized carbons (Fsp3) is 0.414. The van der Waals surface area contributed by atoms with E-state index in [2.05, 4.69) is 15.6 Å². The lowest BCUT2D eigenvalue weighted by Gasteiger charge is -2.36. The summed E-state index contributed by atoms with van der Waals surface area (Å²) in [5.41, 5.74) is 1.97. The summed E-state index contributed by atoms with van der Waals surface area (Å²) in [5.74, 6) is 0.440. The molecular formula is C29H33Cl2N5O4. The van der Waals surface area contributed by atoms with Crippen molar-refractivity contribution < 1.29 is 19.4 Å². The van der Waals surface area contributed by atoms with Crippen molar-refractivity contribution >= 4 is 35.2 Å². The first-order chi connectivity index (χ1) is 19.4. The number of carboxylic acid groups (broad SMARTS) is 1. The van der Waals surface area contributed by atoms with Crippen LogP contribution in [0, 0.1) is 0 Å². The van der Waals surface area contributed by atoms with Crippen LogP contribution >= 0.6 is 23.2 Å². The number of carbonyl (C=O) groups excluding carboxylic acids is 1. The lowest BCUT2D eigenvalue weighted by Crippen LogP contribution is -2.54. The minimum absolute atomic E-state index is 0.0965. The minimum Gasteiger partial charge on any atom is -0.493 e. The van der Waals surface area contributed by atoms with Gasteiger partial charge in [-0.3, -0.25) is 4.79 Å². The first kappa shape index (κ1) is 28.3. The molecule has 3 N–H and O–H groups in total. The molecule has 0 radical (unpaired) electrons. The van der Waals surface area contributed by atoms with E-state index in [0.717, 1.165) is 36.9 Å². The van der Waals surface area contributed by atoms with Gasteiger partial charge in [-0.05, 0) is 31.0 Å². The standard InChI is InChI=1S/C29H33Cl2N5O4/c30-20-14-21(31)16-23(15-20)40-13-10-22-17-32-11-12-35(22)28(37)26-27(19-6-2-1-3-7-19)36(18-33-26)25-9-5-4-8-24(25)34-29(38)39/h1-3,6-7,14-16,18,22,24-25,32,34H,4-5,8-13,17H2,(H,38,39)/t22-,24+,25+/m1/s1. The molecule has 2 aromatic carbocycles. The van der Waals surface area contributed by atoms with E-state index < -0.39 is 6.09 Å². The van der Waals surface area contributed by atoms with Crippen molar-refractivity contribution in [2.24, 2.45) is 0 Å². The molecule has 1 aromatic heterocycles. The minimum atomic E-state index is -1.04. The maximum absolute atomic E-state index is 14.1. The summed E-state index contributed by atoms with van der Waals surface area (Å²) in [6, 6.07) is 14.3. The highest BCUT2D eigenvalue weighted by Crippen LogP contribution is 2.35. The third kappa shape index (κ3) is 6.54. The van der Waals surface area contributed by atoms with Gasteiger partial charge in [0.15, 0.2) is 5.69 Å². The number of ether oxygens (including phenoxy) is 1. The average Bonchev–Trinajstić information content (AvgIpc) is 3.38. The average molecular weight is 587 g/mol. The van der Waals surface area contributed by atoms with Crippen LogP contribution in [-0.2, 0) is 0 Å². The van der Waals surface area contributed by atoms with Crippen LogP contribution in [-0.4, -0.2) is 69.9 Å². The molecule has 3 aromatic rings. The summed E-state index contributed by atoms with van der Waals surface area (Å²) in [5, 5.41) is 16.5. The Balaban J connectivity index is 1.40. The van der Waals surface area contributed by atoms with Gasteiger partial charge in [0.05, 0.1) is 30.7 Å². The van der Waals surface area contributed by atoms with E-state index in [-0.39, 0.29) is 24.0 Å². The second kappa shape index (κ2) is 12.9. The number of nitrogens with zero attached hydrogens (tertiary/aromatic N) is 3. The third-order valence-electron chi connectivity index (χ3n) is 7.61. The van der Waals surface area contributed by atoms with Crippen LogP contribution < -0.4 is 15.4 Å². The number of hydrogen-bond donors (Lipinski definition) is 3. The molecule has 0 unspecified atom stereocenters. The molecule has 1 aliphatic heterocycles. The molecule has 2 heterocycles. The molecule has 40 heavy (non-hydrogen) atoms. The summed E-state index contributed by atoms with van der Waals surface area (Å²) in [6.45, 7) is 2.25. The van der Waals surface area contributed by atoms with Gasteiger partial charge in [-0.2, -0.15) is 0 Å².